The van der Waals surface area contributed by atoms with Gasteiger partial charge in [-0.1, -0.05) is 0 Å². The molecule has 0 aliphatic carbocycles. The molecule has 1 aromatic rings. The molecular weight excluding hydrogens is 280 g/mol. The monoisotopic (exact) mass is 302 g/mol. The summed E-state index contributed by atoms with van der Waals surface area (Å²) in [4.78, 5) is 1.07. The first-order valence-corrected chi connectivity index (χ1v) is 9.06. The second kappa shape index (κ2) is 6.35. The van der Waals surface area contributed by atoms with Crippen LogP contribution in [0.4, 0.5) is 0 Å². The summed E-state index contributed by atoms with van der Waals surface area (Å²) in [6, 6.07) is 1.75. The highest BCUT2D eigenvalue weighted by Gasteiger charge is 2.19. The number of nitrogens with one attached hydrogen (secondary N) is 2. The van der Waals surface area contributed by atoms with Crippen molar-refractivity contribution in [1.29, 1.82) is 0 Å². The summed E-state index contributed by atoms with van der Waals surface area (Å²) >= 11 is 1.34. The third-order valence-electron chi connectivity index (χ3n) is 3.65. The summed E-state index contributed by atoms with van der Waals surface area (Å²) in [6.07, 6.45) is 3.31. The summed E-state index contributed by atoms with van der Waals surface area (Å²) in [7, 11) is -3.31. The molecule has 1 atom stereocenters. The Hall–Kier alpha value is -0.430. The van der Waals surface area contributed by atoms with Gasteiger partial charge >= 0.3 is 0 Å². The van der Waals surface area contributed by atoms with Gasteiger partial charge in [-0.05, 0) is 63.7 Å². The van der Waals surface area contributed by atoms with Crippen molar-refractivity contribution in [3.63, 3.8) is 0 Å². The highest BCUT2D eigenvalue weighted by atomic mass is 32.2. The van der Waals surface area contributed by atoms with Gasteiger partial charge in [0.1, 0.15) is 4.21 Å². The number of aryl methyl sites for hydroxylation is 2. The van der Waals surface area contributed by atoms with E-state index in [0.717, 1.165) is 30.0 Å². The molecule has 0 spiro atoms. The first kappa shape index (κ1) is 15.0. The lowest BCUT2D eigenvalue weighted by atomic mass is 9.96. The molecule has 1 aliphatic heterocycles. The molecule has 0 amide bonds. The van der Waals surface area contributed by atoms with E-state index in [4.69, 9.17) is 0 Å². The molecule has 0 saturated carbocycles. The van der Waals surface area contributed by atoms with Crippen molar-refractivity contribution in [3.05, 3.63) is 16.5 Å². The molecule has 0 bridgehead atoms. The topological polar surface area (TPSA) is 58.2 Å². The van der Waals surface area contributed by atoms with E-state index in [0.29, 0.717) is 16.7 Å². The van der Waals surface area contributed by atoms with Gasteiger partial charge < -0.3 is 5.32 Å². The van der Waals surface area contributed by atoms with Crippen LogP contribution in [0.25, 0.3) is 0 Å². The summed E-state index contributed by atoms with van der Waals surface area (Å²) < 4.78 is 27.4. The van der Waals surface area contributed by atoms with Crippen LogP contribution in [0.15, 0.2) is 10.3 Å². The lowest BCUT2D eigenvalue weighted by Gasteiger charge is -2.22. The van der Waals surface area contributed by atoms with E-state index in [2.05, 4.69) is 10.0 Å². The van der Waals surface area contributed by atoms with Gasteiger partial charge in [-0.15, -0.1) is 11.3 Å². The first-order valence-electron chi connectivity index (χ1n) is 6.76. The van der Waals surface area contributed by atoms with Crippen LogP contribution >= 0.6 is 11.3 Å². The fourth-order valence-electron chi connectivity index (χ4n) is 2.31. The SMILES string of the molecule is Cc1cc(S(=O)(=O)NCCC2CCCNC2)sc1C. The van der Waals surface area contributed by atoms with Gasteiger partial charge in [-0.3, -0.25) is 0 Å². The maximum Gasteiger partial charge on any atom is 0.250 e. The molecule has 1 fully saturated rings. The molecule has 6 heteroatoms. The van der Waals surface area contributed by atoms with Crippen LogP contribution in [0, 0.1) is 19.8 Å². The molecule has 0 radical (unpaired) electrons. The normalized spacial score (nSPS) is 20.6. The van der Waals surface area contributed by atoms with E-state index in [1.165, 1.54) is 24.2 Å². The van der Waals surface area contributed by atoms with E-state index >= 15 is 0 Å². The third kappa shape index (κ3) is 4.02. The predicted molar refractivity (Wildman–Crippen MR) is 79.2 cm³/mol. The van der Waals surface area contributed by atoms with Crippen molar-refractivity contribution in [3.8, 4) is 0 Å². The van der Waals surface area contributed by atoms with Crippen molar-refractivity contribution in [1.82, 2.24) is 10.0 Å². The molecule has 1 aliphatic rings. The van der Waals surface area contributed by atoms with Crippen molar-refractivity contribution >= 4 is 21.4 Å². The fourth-order valence-corrected chi connectivity index (χ4v) is 4.92. The summed E-state index contributed by atoms with van der Waals surface area (Å²) in [5.41, 5.74) is 1.04. The Morgan fingerprint density at radius 3 is 2.84 bits per heavy atom. The van der Waals surface area contributed by atoms with Gasteiger partial charge in [0.2, 0.25) is 10.0 Å². The number of piperidine rings is 1. The number of sulfonamides is 1. The Morgan fingerprint density at radius 2 is 2.26 bits per heavy atom. The maximum absolute atomic E-state index is 12.1. The number of hydrogen-bond acceptors (Lipinski definition) is 4. The number of thiophene rings is 1. The first-order chi connectivity index (χ1) is 8.99. The average Bonchev–Trinajstić information content (AvgIpc) is 2.72. The quantitative estimate of drug-likeness (QED) is 0.875. The van der Waals surface area contributed by atoms with Crippen LogP contribution in [0.2, 0.25) is 0 Å². The van der Waals surface area contributed by atoms with Crippen LogP contribution in [-0.4, -0.2) is 28.1 Å². The number of hydrogen-bond donors (Lipinski definition) is 2. The van der Waals surface area contributed by atoms with E-state index in [-0.39, 0.29) is 0 Å². The Labute approximate surface area is 119 Å². The Kier molecular flexibility index (Phi) is 5.00. The molecule has 2 heterocycles. The zero-order valence-corrected chi connectivity index (χ0v) is 13.2. The minimum absolute atomic E-state index is 0.435. The van der Waals surface area contributed by atoms with Gasteiger partial charge in [0.25, 0.3) is 0 Å². The Morgan fingerprint density at radius 1 is 1.47 bits per heavy atom. The lowest BCUT2D eigenvalue weighted by molar-refractivity contribution is 0.358. The molecule has 4 nitrogen and oxygen atoms in total. The summed E-state index contributed by atoms with van der Waals surface area (Å²) in [5.74, 6) is 0.600. The van der Waals surface area contributed by atoms with E-state index in [1.54, 1.807) is 6.07 Å². The van der Waals surface area contributed by atoms with E-state index in [1.807, 2.05) is 13.8 Å². The van der Waals surface area contributed by atoms with E-state index < -0.39 is 10.0 Å². The van der Waals surface area contributed by atoms with Crippen molar-refractivity contribution in [2.45, 2.75) is 37.3 Å². The van der Waals surface area contributed by atoms with Gasteiger partial charge in [0.05, 0.1) is 0 Å². The van der Waals surface area contributed by atoms with Crippen molar-refractivity contribution < 1.29 is 8.42 Å². The van der Waals surface area contributed by atoms with E-state index in [9.17, 15) is 8.42 Å². The molecule has 1 saturated heterocycles. The van der Waals surface area contributed by atoms with Crippen LogP contribution in [0.5, 0.6) is 0 Å². The highest BCUT2D eigenvalue weighted by molar-refractivity contribution is 7.91. The molecular formula is C13H22N2O2S2. The molecule has 0 aromatic carbocycles. The van der Waals surface area contributed by atoms with Gasteiger partial charge in [0.15, 0.2) is 0 Å². The average molecular weight is 302 g/mol. The van der Waals surface area contributed by atoms with Crippen molar-refractivity contribution in [2.24, 2.45) is 5.92 Å². The zero-order chi connectivity index (χ0) is 13.9. The second-order valence-electron chi connectivity index (χ2n) is 5.20. The van der Waals surface area contributed by atoms with Gasteiger partial charge in [0, 0.05) is 11.4 Å². The largest absolute Gasteiger partial charge is 0.316 e. The Balaban J connectivity index is 1.87. The van der Waals surface area contributed by atoms with Crippen LogP contribution < -0.4 is 10.0 Å². The molecule has 1 aromatic heterocycles. The van der Waals surface area contributed by atoms with Gasteiger partial charge in [-0.25, -0.2) is 13.1 Å². The predicted octanol–water partition coefficient (Wildman–Crippen LogP) is 2.03. The zero-order valence-electron chi connectivity index (χ0n) is 11.5. The molecule has 108 valence electrons. The molecule has 1 unspecified atom stereocenters. The van der Waals surface area contributed by atoms with Crippen LogP contribution in [0.1, 0.15) is 29.7 Å². The minimum atomic E-state index is -3.31. The molecule has 2 N–H and O–H groups in total. The van der Waals surface area contributed by atoms with Crippen molar-refractivity contribution in [2.75, 3.05) is 19.6 Å². The van der Waals surface area contributed by atoms with Crippen LogP contribution in [-0.2, 0) is 10.0 Å². The molecule has 19 heavy (non-hydrogen) atoms. The minimum Gasteiger partial charge on any atom is -0.316 e. The maximum atomic E-state index is 12.1. The third-order valence-corrected chi connectivity index (χ3v) is 6.74. The highest BCUT2D eigenvalue weighted by Crippen LogP contribution is 2.24. The smallest absolute Gasteiger partial charge is 0.250 e. The van der Waals surface area contributed by atoms with Gasteiger partial charge in [-0.2, -0.15) is 0 Å². The Bertz CT molecular complexity index is 497. The summed E-state index contributed by atoms with van der Waals surface area (Å²) in [6.45, 7) is 6.53. The fraction of sp³-hybridized carbons (Fsp3) is 0.692. The standard InChI is InChI=1S/C13H22N2O2S2/c1-10-8-13(18-11(10)2)19(16,17)15-7-5-12-4-3-6-14-9-12/h8,12,14-15H,3-7,9H2,1-2H3. The lowest BCUT2D eigenvalue weighted by Crippen LogP contribution is -2.33. The second-order valence-corrected chi connectivity index (χ2v) is 8.45. The molecule has 2 rings (SSSR count). The summed E-state index contributed by atoms with van der Waals surface area (Å²) in [5, 5.41) is 3.35. The number of rotatable bonds is 5. The van der Waals surface area contributed by atoms with Crippen LogP contribution in [0.3, 0.4) is 0 Å².